The summed E-state index contributed by atoms with van der Waals surface area (Å²) in [6.45, 7) is 6.08. The molecule has 1 aromatic heterocycles. The topological polar surface area (TPSA) is 105 Å². The number of carbonyl (C=O) groups is 3. The van der Waals surface area contributed by atoms with E-state index in [0.29, 0.717) is 19.5 Å². The maximum absolute atomic E-state index is 12.7. The summed E-state index contributed by atoms with van der Waals surface area (Å²) >= 11 is 0. The van der Waals surface area contributed by atoms with Gasteiger partial charge in [0.25, 0.3) is 6.47 Å². The Bertz CT molecular complexity index is 763. The molecule has 1 spiro atoms. The zero-order valence-corrected chi connectivity index (χ0v) is 17.9. The molecule has 3 aliphatic heterocycles. The second-order valence-electron chi connectivity index (χ2n) is 8.60. The molecular formula is C21H32N4O5. The van der Waals surface area contributed by atoms with Gasteiger partial charge >= 0.3 is 5.97 Å². The van der Waals surface area contributed by atoms with Crippen LogP contribution in [0.15, 0.2) is 6.20 Å². The van der Waals surface area contributed by atoms with E-state index in [-0.39, 0.29) is 29.9 Å². The van der Waals surface area contributed by atoms with Gasteiger partial charge in [-0.15, -0.1) is 0 Å². The first-order valence-electron chi connectivity index (χ1n) is 10.6. The fourth-order valence-electron chi connectivity index (χ4n) is 4.88. The number of nitrogens with zero attached hydrogens (tertiary/aromatic N) is 4. The van der Waals surface area contributed by atoms with Crippen molar-refractivity contribution in [3.8, 4) is 0 Å². The molecule has 0 saturated carbocycles. The van der Waals surface area contributed by atoms with E-state index >= 15 is 0 Å². The van der Waals surface area contributed by atoms with Crippen LogP contribution in [0.3, 0.4) is 0 Å². The molecule has 9 heteroatoms. The lowest BCUT2D eigenvalue weighted by Gasteiger charge is -2.36. The van der Waals surface area contributed by atoms with Gasteiger partial charge in [0.1, 0.15) is 6.10 Å². The first-order chi connectivity index (χ1) is 14.4. The third-order valence-corrected chi connectivity index (χ3v) is 6.52. The lowest BCUT2D eigenvalue weighted by Crippen LogP contribution is -2.45. The largest absolute Gasteiger partial charge is 0.483 e. The number of rotatable bonds is 4. The van der Waals surface area contributed by atoms with Crippen molar-refractivity contribution in [1.82, 2.24) is 19.6 Å². The highest BCUT2D eigenvalue weighted by molar-refractivity contribution is 5.81. The van der Waals surface area contributed by atoms with Gasteiger partial charge in [0.2, 0.25) is 5.91 Å². The number of carboxylic acid groups (broad SMARTS) is 1. The van der Waals surface area contributed by atoms with E-state index in [1.165, 1.54) is 12.8 Å². The monoisotopic (exact) mass is 420 g/mol. The summed E-state index contributed by atoms with van der Waals surface area (Å²) in [5.74, 6) is 0.0860. The highest BCUT2D eigenvalue weighted by Gasteiger charge is 2.51. The SMILES string of the molecule is Cc1nn(C)cc1CC(=O)N1CCC2(CC1)CC(CN1CCCC1)OC2=O.O=CO. The summed E-state index contributed by atoms with van der Waals surface area (Å²) in [4.78, 5) is 37.9. The molecule has 0 aliphatic carbocycles. The van der Waals surface area contributed by atoms with Crippen LogP contribution >= 0.6 is 0 Å². The number of carbonyl (C=O) groups excluding carboxylic acids is 2. The number of hydrogen-bond donors (Lipinski definition) is 1. The minimum atomic E-state index is -0.370. The Kier molecular flexibility index (Phi) is 7.12. The minimum Gasteiger partial charge on any atom is -0.483 e. The number of ether oxygens (including phenoxy) is 1. The summed E-state index contributed by atoms with van der Waals surface area (Å²) in [5.41, 5.74) is 1.52. The first kappa shape index (κ1) is 22.3. The summed E-state index contributed by atoms with van der Waals surface area (Å²) < 4.78 is 7.48. The summed E-state index contributed by atoms with van der Waals surface area (Å²) in [6.07, 6.45) is 7.08. The minimum absolute atomic E-state index is 0.0240. The molecule has 1 atom stereocenters. The van der Waals surface area contributed by atoms with E-state index in [2.05, 4.69) is 10.00 Å². The van der Waals surface area contributed by atoms with Crippen molar-refractivity contribution in [2.75, 3.05) is 32.7 Å². The number of cyclic esters (lactones) is 1. The molecule has 166 valence electrons. The first-order valence-corrected chi connectivity index (χ1v) is 10.6. The summed E-state index contributed by atoms with van der Waals surface area (Å²) in [5, 5.41) is 11.2. The normalized spacial score (nSPS) is 23.2. The van der Waals surface area contributed by atoms with E-state index < -0.39 is 0 Å². The highest BCUT2D eigenvalue weighted by Crippen LogP contribution is 2.43. The zero-order chi connectivity index (χ0) is 21.7. The third-order valence-electron chi connectivity index (χ3n) is 6.52. The standard InChI is InChI=1S/C20H30N4O3.CH2O2/c1-15-16(13-22(2)21-15)11-18(25)24-9-5-20(6-10-24)12-17(27-19(20)26)14-23-7-3-4-8-23;2-1-3/h13,17H,3-12,14H2,1-2H3;1H,(H,2,3). The summed E-state index contributed by atoms with van der Waals surface area (Å²) in [6, 6.07) is 0. The van der Waals surface area contributed by atoms with Crippen LogP contribution in [-0.4, -0.2) is 81.9 Å². The molecule has 0 radical (unpaired) electrons. The van der Waals surface area contributed by atoms with Gasteiger partial charge in [0.15, 0.2) is 0 Å². The van der Waals surface area contributed by atoms with Crippen molar-refractivity contribution >= 4 is 18.3 Å². The zero-order valence-electron chi connectivity index (χ0n) is 17.9. The molecule has 30 heavy (non-hydrogen) atoms. The van der Waals surface area contributed by atoms with E-state index in [1.807, 2.05) is 25.1 Å². The van der Waals surface area contributed by atoms with Crippen molar-refractivity contribution in [1.29, 1.82) is 0 Å². The molecule has 1 unspecified atom stereocenters. The Morgan fingerprint density at radius 2 is 1.93 bits per heavy atom. The van der Waals surface area contributed by atoms with Crippen LogP contribution in [0.2, 0.25) is 0 Å². The van der Waals surface area contributed by atoms with Crippen molar-refractivity contribution in [2.24, 2.45) is 12.5 Å². The van der Waals surface area contributed by atoms with Crippen LogP contribution in [0.5, 0.6) is 0 Å². The van der Waals surface area contributed by atoms with Crippen LogP contribution in [0, 0.1) is 12.3 Å². The average Bonchev–Trinajstić information content (AvgIpc) is 3.38. The Balaban J connectivity index is 0.000000806. The lowest BCUT2D eigenvalue weighted by molar-refractivity contribution is -0.152. The molecule has 3 saturated heterocycles. The van der Waals surface area contributed by atoms with E-state index in [4.69, 9.17) is 14.6 Å². The number of aryl methyl sites for hydroxylation is 2. The van der Waals surface area contributed by atoms with Crippen molar-refractivity contribution in [3.05, 3.63) is 17.5 Å². The highest BCUT2D eigenvalue weighted by atomic mass is 16.6. The van der Waals surface area contributed by atoms with Gasteiger partial charge in [-0.1, -0.05) is 0 Å². The maximum atomic E-state index is 12.7. The van der Waals surface area contributed by atoms with Crippen LogP contribution < -0.4 is 0 Å². The molecule has 3 fully saturated rings. The van der Waals surface area contributed by atoms with Gasteiger partial charge in [0.05, 0.1) is 17.5 Å². The second kappa shape index (κ2) is 9.59. The molecule has 0 bridgehead atoms. The number of aromatic nitrogens is 2. The van der Waals surface area contributed by atoms with Crippen molar-refractivity contribution in [3.63, 3.8) is 0 Å². The smallest absolute Gasteiger partial charge is 0.312 e. The predicted octanol–water partition coefficient (Wildman–Crippen LogP) is 0.992. The van der Waals surface area contributed by atoms with Crippen LogP contribution in [0.1, 0.15) is 43.4 Å². The van der Waals surface area contributed by atoms with E-state index in [0.717, 1.165) is 50.2 Å². The van der Waals surface area contributed by atoms with Gasteiger partial charge in [-0.2, -0.15) is 5.10 Å². The molecule has 0 aromatic carbocycles. The van der Waals surface area contributed by atoms with Gasteiger partial charge in [-0.05, 0) is 45.7 Å². The summed E-state index contributed by atoms with van der Waals surface area (Å²) in [7, 11) is 1.87. The van der Waals surface area contributed by atoms with Crippen LogP contribution in [0.25, 0.3) is 0 Å². The predicted molar refractivity (Wildman–Crippen MR) is 109 cm³/mol. The number of hydrogen-bond acceptors (Lipinski definition) is 6. The molecule has 1 N–H and O–H groups in total. The van der Waals surface area contributed by atoms with Gasteiger partial charge in [-0.3, -0.25) is 24.0 Å². The average molecular weight is 421 g/mol. The molecule has 1 aromatic rings. The Hall–Kier alpha value is -2.42. The molecule has 3 aliphatic rings. The van der Waals surface area contributed by atoms with Gasteiger partial charge < -0.3 is 14.7 Å². The third kappa shape index (κ3) is 5.00. The lowest BCUT2D eigenvalue weighted by atomic mass is 9.76. The molecule has 9 nitrogen and oxygen atoms in total. The van der Waals surface area contributed by atoms with Crippen LogP contribution in [-0.2, 0) is 32.6 Å². The Morgan fingerprint density at radius 3 is 2.50 bits per heavy atom. The Labute approximate surface area is 177 Å². The van der Waals surface area contributed by atoms with Crippen molar-refractivity contribution < 1.29 is 24.2 Å². The number of esters is 1. The molecule has 4 heterocycles. The molecular weight excluding hydrogens is 388 g/mol. The quantitative estimate of drug-likeness (QED) is 0.572. The van der Waals surface area contributed by atoms with Crippen molar-refractivity contribution in [2.45, 2.75) is 51.6 Å². The fraction of sp³-hybridized carbons (Fsp3) is 0.714. The Morgan fingerprint density at radius 1 is 1.30 bits per heavy atom. The number of likely N-dealkylation sites (tertiary alicyclic amines) is 2. The van der Waals surface area contributed by atoms with Gasteiger partial charge in [-0.25, -0.2) is 0 Å². The molecule has 1 amide bonds. The fourth-order valence-corrected chi connectivity index (χ4v) is 4.88. The maximum Gasteiger partial charge on any atom is 0.312 e. The molecule has 4 rings (SSSR count). The van der Waals surface area contributed by atoms with E-state index in [9.17, 15) is 9.59 Å². The van der Waals surface area contributed by atoms with Gasteiger partial charge in [0, 0.05) is 44.9 Å². The van der Waals surface area contributed by atoms with E-state index in [1.54, 1.807) is 4.68 Å². The second-order valence-corrected chi connectivity index (χ2v) is 8.60. The van der Waals surface area contributed by atoms with Crippen LogP contribution in [0.4, 0.5) is 0 Å². The number of amides is 1. The number of piperidine rings is 1.